The molecule has 0 aromatic carbocycles. The van der Waals surface area contributed by atoms with Crippen LogP contribution in [-0.4, -0.2) is 109 Å². The predicted molar refractivity (Wildman–Crippen MR) is 715 cm³/mol. The van der Waals surface area contributed by atoms with E-state index in [0.717, 1.165) is 137 Å². The number of thiophene rings is 6. The van der Waals surface area contributed by atoms with Crippen molar-refractivity contribution < 1.29 is 382 Å². The zero-order valence-electron chi connectivity index (χ0n) is 295. The maximum Gasteiger partial charge on any atom is 0.413 e. The number of aromatic nitrogens is 13. The normalized spacial score (nSPS) is 19.1. The largest absolute Gasteiger partial charge is 0.481 e. The minimum Gasteiger partial charge on any atom is -0.481 e. The van der Waals surface area contributed by atoms with E-state index in [2.05, 4.69) is 117 Å². The van der Waals surface area contributed by atoms with E-state index in [9.17, 15) is 10.0 Å². The van der Waals surface area contributed by atoms with Crippen LogP contribution in [0.25, 0.3) is 130 Å². The monoisotopic (exact) mass is 2120 g/mol. The van der Waals surface area contributed by atoms with Gasteiger partial charge in [-0.15, -0.1) is 68.0 Å². The number of hydrogen-bond acceptors (Lipinski definition) is 21. The van der Waals surface area contributed by atoms with E-state index >= 15 is 0 Å². The molecule has 17 aromatic heterocycles. The Morgan fingerprint density at radius 2 is 1.00 bits per heavy atom. The number of amidine groups is 2. The number of aromatic amines is 5. The van der Waals surface area contributed by atoms with Crippen molar-refractivity contribution in [3.05, 3.63) is 273 Å². The number of aliphatic carboxylic acids is 1. The summed E-state index contributed by atoms with van der Waals surface area (Å²) in [5.74, 6) is 0.445. The van der Waals surface area contributed by atoms with E-state index in [4.69, 9.17) is 401 Å². The summed E-state index contributed by atoms with van der Waals surface area (Å²) >= 11 is 16.1. The van der Waals surface area contributed by atoms with E-state index in [1.807, 2.05) is 158 Å². The molecule has 19 heterocycles. The summed E-state index contributed by atoms with van der Waals surface area (Å²) in [6.45, 7) is 8.41. The molecule has 25 nitrogen and oxygen atoms in total. The fourth-order valence-corrected chi connectivity index (χ4v) is 15.4. The molecule has 0 saturated carbocycles. The molecule has 19 rings (SSSR count). The number of aryl methyl sites for hydroxylation is 1. The van der Waals surface area contributed by atoms with Crippen LogP contribution in [0.5, 0.6) is 0 Å². The van der Waals surface area contributed by atoms with Crippen molar-refractivity contribution in [3.63, 3.8) is 0 Å². The van der Waals surface area contributed by atoms with Crippen LogP contribution in [0.15, 0.2) is 251 Å². The first-order chi connectivity index (χ1) is 172. The number of rotatable bonds is 9. The minimum absolute atomic E-state index is 0. The summed E-state index contributed by atoms with van der Waals surface area (Å²) in [6.07, 6.45) is 11.2. The van der Waals surface area contributed by atoms with Crippen molar-refractivity contribution in [2.45, 2.75) is 40.2 Å². The van der Waals surface area contributed by atoms with E-state index in [1.165, 1.54) is 9.75 Å². The standard InChI is InChI=1S/C12H10N4OS.C12H10N4S.C12H7N3S.C11H7ClN2S.C11H16N2O2.C11H8N2OS.C11H8N2S.C2H4O2.120H2/c13-11(16-17)7-3-4-14-12-8(7)6-9(15-12)10-2-1-5-18-10;13-11(14)7-3-4-15-12-8(7)6-9(16-12)10-2-1-5-17-10;13-7-8-3-4-14-12-9(8)6-10(15-12)11-2-1-5-16-11;12-8-3-4-13-11-7(8)6-9(14-11)10-2-1-5-15-10;1-8-6-5-7-12-9(8)13-10(14)15-11(2,3)4;14-13-5-1-3-8-7-9(12-11(8)13)10-4-2-6-15-10;1-3-8-7-9(10-4-2-6-14-10)13-11(8)12-5-1;1-2(3)4;;;;;;;;;;;;;;;;;;;;;;;;;;;;;;;;;;;;;;;;;;;;;;;;;;;;;;;;;;;;;;;;;;;;;;;;;;;;;;;;;;;;;;;;;;;;;;;;;;;;;;;;;;;;;;;;;;;;;;;;/h1-6,17H,(H2,13,16)(H,14,15);1-6H,(H3,13,14)(H,15,16);1-6H,(H,14,15);1-6H,(H,13,14);5-7H,1-4H3,(H,12,13,14);1-7,14H;1-7H,(H,12,13);1H3,(H,3,4);120*1H/i;;;;;;;;117*1+1D;3*1+1. The van der Waals surface area contributed by atoms with Crippen LogP contribution >= 0.6 is 79.6 Å². The second-order valence-electron chi connectivity index (χ2n) is 25.2. The lowest BCUT2D eigenvalue weighted by atomic mass is 10.1. The van der Waals surface area contributed by atoms with Crippen molar-refractivity contribution in [3.8, 4) is 80.9 Å². The van der Waals surface area contributed by atoms with Crippen molar-refractivity contribution in [2.24, 2.45) is 16.6 Å². The maximum absolute atomic E-state index is 11.4. The average molecular weight is 2130 g/mol. The Balaban J connectivity index is -0.0000000160. The molecule has 1 amide bonds. The highest BCUT2D eigenvalue weighted by molar-refractivity contribution is 7.15. The molecule has 0 spiro atoms. The molecule has 812 valence electrons. The number of carboxylic acids is 1. The van der Waals surface area contributed by atoms with Crippen LogP contribution in [0.4, 0.5) is 10.6 Å². The van der Waals surface area contributed by atoms with Crippen LogP contribution in [-0.2, 0) is 9.53 Å². The summed E-state index contributed by atoms with van der Waals surface area (Å²) in [7, 11) is 0. The number of ether oxygens (including phenoxy) is 1. The number of anilines is 1. The Hall–Kier alpha value is -13.5. The summed E-state index contributed by atoms with van der Waals surface area (Å²) < 4.78 is 1180. The molecule has 0 saturated heterocycles. The highest BCUT2D eigenvalue weighted by Gasteiger charge is 2.19. The number of amides is 1. The Bertz CT molecular complexity index is 6640. The number of nitrogen functional groups attached to an aromatic ring is 1. The number of H-pyrrole nitrogens is 5. The average Bonchev–Trinajstić information content (AvgIpc) is 1.64. The number of nitriles is 1. The molecule has 0 radical (unpaired) electrons. The third-order valence-corrected chi connectivity index (χ3v) is 21.8. The van der Waals surface area contributed by atoms with Gasteiger partial charge in [0.25, 0.3) is 5.97 Å². The zero-order valence-corrected chi connectivity index (χ0v) is 66.8. The summed E-state index contributed by atoms with van der Waals surface area (Å²) in [6, 6.07) is 57.1. The molecule has 32 heteroatoms. The number of hydrogen-bond donors (Lipinski definition) is 12. The lowest BCUT2D eigenvalue weighted by molar-refractivity contribution is -0.134. The number of fused-ring (bicyclic) bond motifs is 6. The van der Waals surface area contributed by atoms with E-state index in [1.54, 1.807) is 142 Å². The third-order valence-electron chi connectivity index (χ3n) is 16.1. The van der Waals surface area contributed by atoms with E-state index in [-0.39, 0.29) is 16.0 Å². The Morgan fingerprint density at radius 3 is 1.46 bits per heavy atom. The molecule has 114 heavy (non-hydrogen) atoms. The lowest BCUT2D eigenvalue weighted by Gasteiger charge is -2.19. The summed E-state index contributed by atoms with van der Waals surface area (Å²) in [5, 5.41) is 65.6. The molecule has 14 N–H and O–H groups in total. The number of nitrogens with two attached hydrogens (primary N) is 2. The number of nitrogens with one attached hydrogen (secondary N) is 7. The quantitative estimate of drug-likeness (QED) is 0.0210. The van der Waals surface area contributed by atoms with Crippen LogP contribution in [0, 0.1) is 23.7 Å². The first-order valence-electron chi connectivity index (χ1n) is 151. The molecule has 0 bridgehead atoms. The number of pyridine rings is 7. The fraction of sp³-hybridized carbons (Fsp3) is 0.0732. The molecule has 17 aromatic rings. The summed E-state index contributed by atoms with van der Waals surface area (Å²) in [4.78, 5) is 73.3. The van der Waals surface area contributed by atoms with Crippen LogP contribution in [0.3, 0.4) is 0 Å². The molecular weight excluding hydrogens is 1570 g/mol. The number of carbonyl (C=O) groups excluding carboxylic acids is 1. The highest BCUT2D eigenvalue weighted by atomic mass is 35.5. The predicted octanol–water partition coefficient (Wildman–Crippen LogP) is 50.7. The van der Waals surface area contributed by atoms with E-state index in [0.29, 0.717) is 28.3 Å². The third kappa shape index (κ3) is 20.6. The van der Waals surface area contributed by atoms with Gasteiger partial charge in [-0.05, 0) is 193 Å². The second kappa shape index (κ2) is 37.5. The molecule has 2 aliphatic heterocycles. The Morgan fingerprint density at radius 1 is 0.570 bits per heavy atom. The van der Waals surface area contributed by atoms with Gasteiger partial charge < -0.3 is 56.6 Å². The lowest BCUT2D eigenvalue weighted by Crippen LogP contribution is -2.27. The maximum atomic E-state index is 11.4. The Kier molecular flexibility index (Phi) is 6.28. The van der Waals surface area contributed by atoms with Gasteiger partial charge in [0.15, 0.2) is 11.7 Å². The highest BCUT2D eigenvalue weighted by Crippen LogP contribution is 2.35. The Labute approximate surface area is 1050 Å². The van der Waals surface area contributed by atoms with Crippen molar-refractivity contribution in [1.82, 2.24) is 64.5 Å². The van der Waals surface area contributed by atoms with Crippen molar-refractivity contribution in [1.29, 1.82) is 10.7 Å². The first kappa shape index (κ1) is 19.1. The zero-order chi connectivity index (χ0) is 314. The SMILES string of the molecule is CC(=O)O.Cc1cccnc1NC(=O)OC(C)(C)C.Clc1ccnc2[nH]c(-c3cccs3)cc12.N#Cc1ccnc2[nH]c(-c3cccs3)cc12.N=C(N)c1ccnc2[nH]c(-c3cccs3)cc12.NC(=NO)c1ccnc2[nH]c(-c3cccs3)cc12.On1cccc2cc(-c3cccs3)nc1-2.[2HH].[2HH].[2HH].[2H][2H].[2H][2H].[2H][2H].[2H][2H].[2H][2H].[2H][2H].[2H][2H].[2H][2H].[2H][2H].[2H][2H].[2H][2H].[2H][2H].[2H][2H].[2H][2H].[2H][2H].[2H][2H].[2H][2H].[2H][2H].[2H][2H].[2H][2H].[2H][2H].[2H][2H].[2H][2H].[2H][2H].[2H][2H].[2H][2H].[2H][2H].[2H][2H].[2H][2H].[2H][2H].[2H][2H].[2H][2H].[2H][2H].[2H][2H].[2H][2H].[2H][2H].[2H][2H].[2H][2H].[2H][2H].[2H][2H].[2H][2H].[2H][2H].[2H][2H].[2H][2H].[2H][2H].[2H][2H].[2H][2H].[2H][2H].[2H][2H].[2H][2H].[2H][2H].[2H][2H].[2H][2H].[2H][2H].[2H][2H].[2H][2H].[2H][2H].[2H][2H].[2H][2H].[2H][2H].[2H][2H].[2H][2H].[2H][2H].[2H][2H].[2H][2H].[2H][2H].[2H][2H].[2H][2H].[2H][2H].[2H][2H].[2H][2H].[2H][2H].[2H][2H].[2H][2H].[2H][2H].[2H][2H].[2H][2H].[2H][2H].[2H][2H].[2H][2H].[2H][2H].[2H][2H].[2H][2H].[2H][2H].[2H][2H].[2H][2H].[2H][2H].[2H][2H].[2H][2H].[2H][2H].[2H][2H].[2H][2H].[2H][2H].[2H][2H].[2H][2H].[2H][2H].[2H][2H].[2H][2H].[2H][2H].[2H][2H].[2H][2H].[2H][2H].[2H][2H].[2H][2H].[2H][2H].[2H][2H].[2H][2H].[2H][2H].[2H][2H].[2H][2H].[2H][2H].[2H][2H].[2H][2H].[2H][2H].[2H][2H].[2H][2H].[2H][2H].c1csc(-c2cc3cccnc3[nH]2)c1. The second-order valence-corrected chi connectivity index (χ2v) is 31.3. The van der Waals surface area contributed by atoms with Gasteiger partial charge >= 0.3 is 6.09 Å². The fourth-order valence-electron chi connectivity index (χ4n) is 11.1. The van der Waals surface area contributed by atoms with E-state index < -0.39 is 17.7 Å². The molecule has 0 aliphatic carbocycles. The van der Waals surface area contributed by atoms with Crippen molar-refractivity contribution >= 4 is 164 Å². The molecule has 2 aliphatic rings. The summed E-state index contributed by atoms with van der Waals surface area (Å²) in [5.41, 5.74) is 24.8. The van der Waals surface area contributed by atoms with Gasteiger partial charge in [0.1, 0.15) is 45.5 Å². The van der Waals surface area contributed by atoms with Gasteiger partial charge in [-0.25, -0.2) is 39.7 Å². The topological polar surface area (TPSA) is 402 Å². The van der Waals surface area contributed by atoms with Crippen LogP contribution < -0.4 is 16.8 Å². The van der Waals surface area contributed by atoms with Gasteiger partial charge in [-0.3, -0.25) is 15.5 Å². The minimum atomic E-state index is -0.833. The molecule has 0 unspecified atom stereocenters. The first-order valence-corrected chi connectivity index (χ1v) is 40.1. The molecule has 0 fully saturated rings. The number of carboxylic acid groups (broad SMARTS) is 1. The van der Waals surface area contributed by atoms with Crippen molar-refractivity contribution in [2.75, 3.05) is 5.32 Å². The van der Waals surface area contributed by atoms with Gasteiger partial charge in [-0.2, -0.15) is 9.99 Å². The van der Waals surface area contributed by atoms with Gasteiger partial charge in [0.05, 0.1) is 80.1 Å². The van der Waals surface area contributed by atoms with Crippen LogP contribution in [0.1, 0.15) is 402 Å². The number of carbonyl (C=O) groups is 2. The van der Waals surface area contributed by atoms with Gasteiger partial charge in [-0.1, -0.05) is 59.2 Å². The molecule has 0 atom stereocenters. The van der Waals surface area contributed by atoms with Gasteiger partial charge in [0, 0.05) is 446 Å². The molecular formula is C82H310ClN19O6S6. The number of halogens is 1. The smallest absolute Gasteiger partial charge is 0.413 e. The van der Waals surface area contributed by atoms with Gasteiger partial charge in [0.2, 0.25) is 0 Å². The number of nitrogens with zero attached hydrogens (tertiary/aromatic N) is 10. The van der Waals surface area contributed by atoms with Crippen LogP contribution in [0.2, 0.25) is 5.02 Å². The number of oxime groups is 1.